The van der Waals surface area contributed by atoms with Crippen molar-refractivity contribution in [2.24, 2.45) is 0 Å². The fourth-order valence-electron chi connectivity index (χ4n) is 1.50. The molecule has 0 heterocycles. The maximum absolute atomic E-state index is 13.0. The molecule has 1 aromatic rings. The summed E-state index contributed by atoms with van der Waals surface area (Å²) in [5, 5.41) is 8.86. The molecule has 0 aliphatic carbocycles. The third kappa shape index (κ3) is 4.05. The molecule has 0 radical (unpaired) electrons. The Balaban J connectivity index is 2.86. The van der Waals surface area contributed by atoms with Crippen LogP contribution in [0.25, 0.3) is 0 Å². The minimum Gasteiger partial charge on any atom is -0.395 e. The predicted molar refractivity (Wildman–Crippen MR) is 61.2 cm³/mol. The number of hydrogen-bond acceptors (Lipinski definition) is 3. The van der Waals surface area contributed by atoms with Gasteiger partial charge in [0, 0.05) is 31.8 Å². The number of benzene rings is 1. The van der Waals surface area contributed by atoms with E-state index in [1.807, 2.05) is 0 Å². The highest BCUT2D eigenvalue weighted by molar-refractivity contribution is 5.94. The van der Waals surface area contributed by atoms with E-state index in [2.05, 4.69) is 0 Å². The van der Waals surface area contributed by atoms with Gasteiger partial charge in [-0.1, -0.05) is 0 Å². The first kappa shape index (κ1) is 14.5. The highest BCUT2D eigenvalue weighted by Crippen LogP contribution is 2.10. The molecule has 100 valence electrons. The van der Waals surface area contributed by atoms with Crippen LogP contribution in [-0.4, -0.2) is 49.3 Å². The van der Waals surface area contributed by atoms with Gasteiger partial charge in [-0.15, -0.1) is 0 Å². The van der Waals surface area contributed by atoms with Crippen LogP contribution >= 0.6 is 0 Å². The molecule has 0 aliphatic heterocycles. The van der Waals surface area contributed by atoms with Crippen molar-refractivity contribution in [2.75, 3.05) is 33.4 Å². The summed E-state index contributed by atoms with van der Waals surface area (Å²) in [5.41, 5.74) is -0.0861. The van der Waals surface area contributed by atoms with Crippen molar-refractivity contribution in [1.29, 1.82) is 0 Å². The highest BCUT2D eigenvalue weighted by Gasteiger charge is 2.16. The zero-order valence-electron chi connectivity index (χ0n) is 10.0. The van der Waals surface area contributed by atoms with E-state index < -0.39 is 17.5 Å². The van der Waals surface area contributed by atoms with Gasteiger partial charge in [-0.3, -0.25) is 4.79 Å². The summed E-state index contributed by atoms with van der Waals surface area (Å²) in [6.07, 6.45) is 0. The molecular formula is C12H15F2NO3. The van der Waals surface area contributed by atoms with Gasteiger partial charge in [-0.25, -0.2) is 8.78 Å². The molecule has 0 saturated heterocycles. The Morgan fingerprint density at radius 3 is 2.39 bits per heavy atom. The first-order chi connectivity index (χ1) is 8.58. The molecule has 0 aromatic heterocycles. The van der Waals surface area contributed by atoms with Gasteiger partial charge in [0.25, 0.3) is 5.91 Å². The molecular weight excluding hydrogens is 244 g/mol. The molecule has 0 spiro atoms. The number of ether oxygens (including phenoxy) is 1. The van der Waals surface area contributed by atoms with Gasteiger partial charge in [0.2, 0.25) is 0 Å². The van der Waals surface area contributed by atoms with Gasteiger partial charge >= 0.3 is 0 Å². The third-order valence-corrected chi connectivity index (χ3v) is 2.33. The number of aliphatic hydroxyl groups is 1. The second-order valence-corrected chi connectivity index (χ2v) is 3.67. The molecule has 0 unspecified atom stereocenters. The number of carbonyl (C=O) groups is 1. The normalized spacial score (nSPS) is 10.4. The number of aliphatic hydroxyl groups excluding tert-OH is 1. The van der Waals surface area contributed by atoms with E-state index in [-0.39, 0.29) is 31.9 Å². The van der Waals surface area contributed by atoms with E-state index in [4.69, 9.17) is 9.84 Å². The van der Waals surface area contributed by atoms with Gasteiger partial charge in [-0.2, -0.15) is 0 Å². The lowest BCUT2D eigenvalue weighted by Gasteiger charge is -2.21. The molecule has 0 saturated carbocycles. The second kappa shape index (κ2) is 7.03. The van der Waals surface area contributed by atoms with E-state index in [1.165, 1.54) is 12.0 Å². The van der Waals surface area contributed by atoms with Gasteiger partial charge in [-0.05, 0) is 12.1 Å². The van der Waals surface area contributed by atoms with E-state index in [9.17, 15) is 13.6 Å². The zero-order chi connectivity index (χ0) is 13.5. The Kier molecular flexibility index (Phi) is 5.67. The summed E-state index contributed by atoms with van der Waals surface area (Å²) in [5.74, 6) is -2.16. The first-order valence-electron chi connectivity index (χ1n) is 5.43. The molecule has 1 amide bonds. The van der Waals surface area contributed by atoms with E-state index in [1.54, 1.807) is 0 Å². The monoisotopic (exact) mass is 259 g/mol. The smallest absolute Gasteiger partial charge is 0.254 e. The maximum Gasteiger partial charge on any atom is 0.254 e. The fraction of sp³-hybridized carbons (Fsp3) is 0.417. The minimum atomic E-state index is -0.811. The molecule has 0 atom stereocenters. The number of carbonyl (C=O) groups excluding carboxylic acids is 1. The SMILES string of the molecule is COCCN(CCO)C(=O)c1cc(F)cc(F)c1. The fourth-order valence-corrected chi connectivity index (χ4v) is 1.50. The predicted octanol–water partition coefficient (Wildman–Crippen LogP) is 1.05. The summed E-state index contributed by atoms with van der Waals surface area (Å²) in [6, 6.07) is 2.62. The van der Waals surface area contributed by atoms with Crippen molar-refractivity contribution in [3.63, 3.8) is 0 Å². The van der Waals surface area contributed by atoms with Crippen LogP contribution in [-0.2, 0) is 4.74 Å². The number of methoxy groups -OCH3 is 1. The minimum absolute atomic E-state index is 0.0837. The number of hydrogen-bond donors (Lipinski definition) is 1. The number of rotatable bonds is 6. The molecule has 0 bridgehead atoms. The molecule has 1 N–H and O–H groups in total. The largest absolute Gasteiger partial charge is 0.395 e. The standard InChI is InChI=1S/C12H15F2NO3/c1-18-5-3-15(2-4-16)12(17)9-6-10(13)8-11(14)7-9/h6-8,16H,2-5H2,1H3. The quantitative estimate of drug-likeness (QED) is 0.830. The van der Waals surface area contributed by atoms with Gasteiger partial charge in [0.05, 0.1) is 13.2 Å². The third-order valence-electron chi connectivity index (χ3n) is 2.33. The molecule has 0 fully saturated rings. The summed E-state index contributed by atoms with van der Waals surface area (Å²) in [4.78, 5) is 13.2. The van der Waals surface area contributed by atoms with Crippen molar-refractivity contribution in [2.45, 2.75) is 0 Å². The van der Waals surface area contributed by atoms with Crippen molar-refractivity contribution in [1.82, 2.24) is 4.90 Å². The van der Waals surface area contributed by atoms with Gasteiger partial charge in [0.1, 0.15) is 11.6 Å². The number of nitrogens with zero attached hydrogens (tertiary/aromatic N) is 1. The topological polar surface area (TPSA) is 49.8 Å². The Labute approximate surface area is 104 Å². The summed E-state index contributed by atoms with van der Waals surface area (Å²) in [6.45, 7) is 0.380. The Morgan fingerprint density at radius 1 is 1.28 bits per heavy atom. The summed E-state index contributed by atoms with van der Waals surface area (Å²) >= 11 is 0. The van der Waals surface area contributed by atoms with Gasteiger partial charge in [0.15, 0.2) is 0 Å². The van der Waals surface area contributed by atoms with Crippen LogP contribution in [0.2, 0.25) is 0 Å². The number of amides is 1. The summed E-state index contributed by atoms with van der Waals surface area (Å²) in [7, 11) is 1.48. The molecule has 1 rings (SSSR count). The Hall–Kier alpha value is -1.53. The Morgan fingerprint density at radius 2 is 1.89 bits per heavy atom. The van der Waals surface area contributed by atoms with E-state index in [0.717, 1.165) is 12.1 Å². The molecule has 18 heavy (non-hydrogen) atoms. The molecule has 6 heteroatoms. The van der Waals surface area contributed by atoms with Crippen LogP contribution < -0.4 is 0 Å². The number of halogens is 2. The van der Waals surface area contributed by atoms with Crippen molar-refractivity contribution >= 4 is 5.91 Å². The van der Waals surface area contributed by atoms with E-state index >= 15 is 0 Å². The van der Waals surface area contributed by atoms with Crippen molar-refractivity contribution < 1.29 is 23.4 Å². The molecule has 0 aliphatic rings. The van der Waals surface area contributed by atoms with Crippen LogP contribution in [0.3, 0.4) is 0 Å². The van der Waals surface area contributed by atoms with Gasteiger partial charge < -0.3 is 14.7 Å². The van der Waals surface area contributed by atoms with Crippen LogP contribution in [0.5, 0.6) is 0 Å². The van der Waals surface area contributed by atoms with Crippen LogP contribution in [0.15, 0.2) is 18.2 Å². The van der Waals surface area contributed by atoms with Crippen molar-refractivity contribution in [3.05, 3.63) is 35.4 Å². The molecule has 4 nitrogen and oxygen atoms in total. The second-order valence-electron chi connectivity index (χ2n) is 3.67. The highest BCUT2D eigenvalue weighted by atomic mass is 19.1. The van der Waals surface area contributed by atoms with Crippen LogP contribution in [0.1, 0.15) is 10.4 Å². The van der Waals surface area contributed by atoms with Crippen LogP contribution in [0, 0.1) is 11.6 Å². The van der Waals surface area contributed by atoms with Crippen molar-refractivity contribution in [3.8, 4) is 0 Å². The lowest BCUT2D eigenvalue weighted by atomic mass is 10.2. The average molecular weight is 259 g/mol. The lowest BCUT2D eigenvalue weighted by Crippen LogP contribution is -2.36. The maximum atomic E-state index is 13.0. The lowest BCUT2D eigenvalue weighted by molar-refractivity contribution is 0.0655. The van der Waals surface area contributed by atoms with Crippen LogP contribution in [0.4, 0.5) is 8.78 Å². The average Bonchev–Trinajstić information content (AvgIpc) is 2.32. The first-order valence-corrected chi connectivity index (χ1v) is 5.43. The van der Waals surface area contributed by atoms with E-state index in [0.29, 0.717) is 6.07 Å². The summed E-state index contributed by atoms with van der Waals surface area (Å²) < 4.78 is 30.8. The molecule has 1 aromatic carbocycles. The zero-order valence-corrected chi connectivity index (χ0v) is 10.0. The Bertz CT molecular complexity index is 392.